The van der Waals surface area contributed by atoms with Crippen LogP contribution in [0.15, 0.2) is 6.07 Å². The first-order valence-corrected chi connectivity index (χ1v) is 10.4. The smallest absolute Gasteiger partial charge is 0.187 e. The van der Waals surface area contributed by atoms with Crippen LogP contribution in [0.2, 0.25) is 11.6 Å². The van der Waals surface area contributed by atoms with Gasteiger partial charge >= 0.3 is 0 Å². The predicted octanol–water partition coefficient (Wildman–Crippen LogP) is 3.60. The molecule has 2 aliphatic carbocycles. The minimum Gasteiger partial charge on any atom is -0.293 e. The number of nitrogens with zero attached hydrogens (tertiary/aromatic N) is 1. The summed E-state index contributed by atoms with van der Waals surface area (Å²) in [6, 6.07) is 2.39. The van der Waals surface area contributed by atoms with Crippen molar-refractivity contribution in [1.29, 1.82) is 0 Å². The Kier molecular flexibility index (Phi) is 7.16. The fourth-order valence-electron chi connectivity index (χ4n) is 4.71. The molecule has 0 aromatic carbocycles. The Morgan fingerprint density at radius 1 is 0.696 bits per heavy atom. The molecule has 0 aliphatic heterocycles. The molecule has 0 unspecified atom stereocenters. The molecule has 1 N–H and O–H groups in total. The van der Waals surface area contributed by atoms with Crippen LogP contribution in [0.1, 0.15) is 89.9 Å². The summed E-state index contributed by atoms with van der Waals surface area (Å²) in [5, 5.41) is 8.00. The van der Waals surface area contributed by atoms with Crippen LogP contribution in [0.4, 0.5) is 0 Å². The van der Waals surface area contributed by atoms with Crippen LogP contribution in [-0.4, -0.2) is 24.8 Å². The van der Waals surface area contributed by atoms with Crippen molar-refractivity contribution in [3.63, 3.8) is 0 Å². The maximum absolute atomic E-state index is 4.65. The van der Waals surface area contributed by atoms with Crippen molar-refractivity contribution in [3.05, 3.63) is 6.07 Å². The minimum absolute atomic E-state index is 0.882. The molecule has 0 bridgehead atoms. The quantitative estimate of drug-likeness (QED) is 0.846. The van der Waals surface area contributed by atoms with Gasteiger partial charge in [-0.25, -0.2) is 0 Å². The second-order valence-electron chi connectivity index (χ2n) is 8.22. The van der Waals surface area contributed by atoms with E-state index in [9.17, 15) is 0 Å². The van der Waals surface area contributed by atoms with Gasteiger partial charge in [0.15, 0.2) is 14.6 Å². The zero-order valence-electron chi connectivity index (χ0n) is 15.0. The van der Waals surface area contributed by atoms with Gasteiger partial charge in [-0.05, 0) is 11.7 Å². The van der Waals surface area contributed by atoms with Crippen LogP contribution in [0.3, 0.4) is 0 Å². The summed E-state index contributed by atoms with van der Waals surface area (Å²) in [7, 11) is 2.44. The second kappa shape index (κ2) is 9.59. The third-order valence-corrected chi connectivity index (χ3v) is 6.14. The second-order valence-corrected chi connectivity index (χ2v) is 8.22. The molecule has 3 rings (SSSR count). The molecule has 0 amide bonds. The van der Waals surface area contributed by atoms with E-state index in [4.69, 9.17) is 0 Å². The Labute approximate surface area is 144 Å². The highest BCUT2D eigenvalue weighted by atomic mass is 15.1. The third kappa shape index (κ3) is 6.04. The molecular formula is C19H34B2N2. The first kappa shape index (κ1) is 17.2. The largest absolute Gasteiger partial charge is 0.293 e. The zero-order valence-corrected chi connectivity index (χ0v) is 15.0. The van der Waals surface area contributed by atoms with E-state index < -0.39 is 0 Å². The Morgan fingerprint density at radius 2 is 1.17 bits per heavy atom. The maximum Gasteiger partial charge on any atom is 0.187 e. The van der Waals surface area contributed by atoms with Gasteiger partial charge in [-0.1, -0.05) is 102 Å². The van der Waals surface area contributed by atoms with Crippen LogP contribution in [-0.2, 0) is 0 Å². The van der Waals surface area contributed by atoms with Crippen molar-refractivity contribution >= 4 is 25.7 Å². The normalized spacial score (nSPS) is 22.6. The summed E-state index contributed by atoms with van der Waals surface area (Å²) in [6.07, 6.45) is 20.2. The number of hydrogen-bond acceptors (Lipinski definition) is 1. The lowest BCUT2D eigenvalue weighted by molar-refractivity contribution is 0.502. The van der Waals surface area contributed by atoms with E-state index in [-0.39, 0.29) is 0 Å². The van der Waals surface area contributed by atoms with Gasteiger partial charge in [-0.3, -0.25) is 5.10 Å². The standard InChI is InChI=1S/C19H34B2N2/c1-3-7-11-16(12-8-4-1)20-18-15-19(23-22-18)21-17-13-9-5-2-6-10-14-17/h15-17,20-21H,1-14H2,(H,22,23). The van der Waals surface area contributed by atoms with Crippen LogP contribution >= 0.6 is 0 Å². The van der Waals surface area contributed by atoms with E-state index in [0.29, 0.717) is 0 Å². The van der Waals surface area contributed by atoms with Crippen molar-refractivity contribution in [2.75, 3.05) is 0 Å². The molecule has 23 heavy (non-hydrogen) atoms. The Hall–Kier alpha value is -0.660. The molecule has 2 nitrogen and oxygen atoms in total. The maximum atomic E-state index is 4.65. The summed E-state index contributed by atoms with van der Waals surface area (Å²) < 4.78 is 0. The van der Waals surface area contributed by atoms with Gasteiger partial charge in [-0.15, -0.1) is 0 Å². The molecule has 126 valence electrons. The summed E-state index contributed by atoms with van der Waals surface area (Å²) >= 11 is 0. The Balaban J connectivity index is 1.48. The average molecular weight is 312 g/mol. The van der Waals surface area contributed by atoms with Crippen molar-refractivity contribution in [3.8, 4) is 0 Å². The number of aromatic nitrogens is 2. The molecule has 2 fully saturated rings. The van der Waals surface area contributed by atoms with Crippen molar-refractivity contribution < 1.29 is 0 Å². The summed E-state index contributed by atoms with van der Waals surface area (Å²) in [6.45, 7) is 0. The van der Waals surface area contributed by atoms with E-state index in [1.165, 1.54) is 116 Å². The molecule has 0 saturated heterocycles. The number of hydrogen-bond donors (Lipinski definition) is 1. The van der Waals surface area contributed by atoms with Gasteiger partial charge in [0, 0.05) is 5.59 Å². The van der Waals surface area contributed by atoms with Crippen LogP contribution in [0, 0.1) is 0 Å². The predicted molar refractivity (Wildman–Crippen MR) is 104 cm³/mol. The number of nitrogens with one attached hydrogen (secondary N) is 1. The summed E-state index contributed by atoms with van der Waals surface area (Å²) in [5.74, 6) is 1.78. The highest BCUT2D eigenvalue weighted by Crippen LogP contribution is 2.26. The van der Waals surface area contributed by atoms with E-state index in [2.05, 4.69) is 16.3 Å². The summed E-state index contributed by atoms with van der Waals surface area (Å²) in [4.78, 5) is 0. The minimum atomic E-state index is 0.882. The highest BCUT2D eigenvalue weighted by Gasteiger charge is 2.18. The SMILES string of the molecule is B(c1cc(BC2CCCCCCC2)[nH]n1)C1CCCCCCC1. The molecule has 1 aromatic rings. The van der Waals surface area contributed by atoms with Gasteiger partial charge in [0.1, 0.15) is 0 Å². The lowest BCUT2D eigenvalue weighted by Gasteiger charge is -2.18. The van der Waals surface area contributed by atoms with E-state index in [1.807, 2.05) is 0 Å². The van der Waals surface area contributed by atoms with Crippen LogP contribution in [0.5, 0.6) is 0 Å². The monoisotopic (exact) mass is 312 g/mol. The van der Waals surface area contributed by atoms with Crippen molar-refractivity contribution in [2.24, 2.45) is 0 Å². The third-order valence-electron chi connectivity index (χ3n) is 6.14. The van der Waals surface area contributed by atoms with Crippen LogP contribution in [0.25, 0.3) is 0 Å². The summed E-state index contributed by atoms with van der Waals surface area (Å²) in [5.41, 5.74) is 2.73. The van der Waals surface area contributed by atoms with Gasteiger partial charge in [0.2, 0.25) is 0 Å². The number of rotatable bonds is 4. The zero-order chi connectivity index (χ0) is 15.7. The molecule has 1 heterocycles. The average Bonchev–Trinajstić information content (AvgIpc) is 2.92. The van der Waals surface area contributed by atoms with E-state index in [0.717, 1.165) is 11.6 Å². The van der Waals surface area contributed by atoms with E-state index in [1.54, 1.807) is 0 Å². The number of H-pyrrole nitrogens is 1. The van der Waals surface area contributed by atoms with Gasteiger partial charge in [-0.2, -0.15) is 5.10 Å². The van der Waals surface area contributed by atoms with Crippen molar-refractivity contribution in [2.45, 2.75) is 102 Å². The molecule has 0 radical (unpaired) electrons. The Bertz CT molecular complexity index is 392. The first-order chi connectivity index (χ1) is 11.4. The molecule has 4 heteroatoms. The van der Waals surface area contributed by atoms with Crippen molar-refractivity contribution in [1.82, 2.24) is 10.2 Å². The number of aromatic amines is 1. The molecule has 0 atom stereocenters. The highest BCUT2D eigenvalue weighted by molar-refractivity contribution is 6.58. The van der Waals surface area contributed by atoms with Gasteiger partial charge in [0.25, 0.3) is 0 Å². The lowest BCUT2D eigenvalue weighted by atomic mass is 9.55. The van der Waals surface area contributed by atoms with Gasteiger partial charge < -0.3 is 0 Å². The molecule has 0 spiro atoms. The topological polar surface area (TPSA) is 28.7 Å². The Morgan fingerprint density at radius 3 is 1.74 bits per heavy atom. The molecule has 1 aromatic heterocycles. The van der Waals surface area contributed by atoms with Crippen LogP contribution < -0.4 is 11.2 Å². The van der Waals surface area contributed by atoms with E-state index >= 15 is 0 Å². The lowest BCUT2D eigenvalue weighted by Crippen LogP contribution is -2.24. The molecular weight excluding hydrogens is 278 g/mol. The van der Waals surface area contributed by atoms with Gasteiger partial charge in [0.05, 0.1) is 0 Å². The molecule has 2 saturated carbocycles. The molecule has 2 aliphatic rings. The first-order valence-electron chi connectivity index (χ1n) is 10.4. The fraction of sp³-hybridized carbons (Fsp3) is 0.842. The fourth-order valence-corrected chi connectivity index (χ4v) is 4.71.